The molecule has 0 saturated carbocycles. The number of amides is 1. The van der Waals surface area contributed by atoms with Gasteiger partial charge in [0.1, 0.15) is 5.75 Å². The Hall–Kier alpha value is -1.84. The number of likely N-dealkylation sites (N-methyl/N-ethyl adjacent to an activating group) is 1. The van der Waals surface area contributed by atoms with Gasteiger partial charge in [-0.1, -0.05) is 13.8 Å². The van der Waals surface area contributed by atoms with Crippen molar-refractivity contribution in [2.24, 2.45) is 0 Å². The van der Waals surface area contributed by atoms with Crippen molar-refractivity contribution in [2.45, 2.75) is 39.7 Å². The number of anilines is 1. The summed E-state index contributed by atoms with van der Waals surface area (Å²) in [5.74, 6) is 0.725. The van der Waals surface area contributed by atoms with Gasteiger partial charge in [-0.05, 0) is 31.5 Å². The minimum absolute atomic E-state index is 0.0291. The minimum Gasteiger partial charge on any atom is -0.478 e. The van der Waals surface area contributed by atoms with Crippen molar-refractivity contribution in [2.75, 3.05) is 11.4 Å². The number of rotatable bonds is 4. The second-order valence-electron chi connectivity index (χ2n) is 4.56. The molecule has 1 atom stereocenters. The first-order valence-electron chi connectivity index (χ1n) is 6.77. The lowest BCUT2D eigenvalue weighted by atomic mass is 10.0. The molecule has 0 spiro atoms. The molecule has 0 saturated heterocycles. The maximum absolute atomic E-state index is 12.2. The van der Waals surface area contributed by atoms with Gasteiger partial charge in [-0.3, -0.25) is 9.59 Å². The van der Waals surface area contributed by atoms with Gasteiger partial charge in [0.15, 0.2) is 11.9 Å². The molecule has 2 rings (SSSR count). The van der Waals surface area contributed by atoms with Gasteiger partial charge in [-0.25, -0.2) is 0 Å². The Morgan fingerprint density at radius 3 is 2.63 bits per heavy atom. The third kappa shape index (κ3) is 2.35. The van der Waals surface area contributed by atoms with E-state index in [0.717, 1.165) is 0 Å². The average Bonchev–Trinajstić information content (AvgIpc) is 2.45. The summed E-state index contributed by atoms with van der Waals surface area (Å²) >= 11 is 0. The maximum Gasteiger partial charge on any atom is 0.268 e. The van der Waals surface area contributed by atoms with Crippen LogP contribution in [0.5, 0.6) is 5.75 Å². The van der Waals surface area contributed by atoms with Crippen LogP contribution in [0.4, 0.5) is 5.69 Å². The summed E-state index contributed by atoms with van der Waals surface area (Å²) < 4.78 is 5.69. The maximum atomic E-state index is 12.2. The first-order valence-corrected chi connectivity index (χ1v) is 6.77. The fourth-order valence-corrected chi connectivity index (χ4v) is 2.29. The number of ketones is 1. The largest absolute Gasteiger partial charge is 0.478 e. The van der Waals surface area contributed by atoms with Crippen LogP contribution in [0, 0.1) is 0 Å². The molecule has 0 N–H and O–H groups in total. The summed E-state index contributed by atoms with van der Waals surface area (Å²) in [6.45, 7) is 6.26. The van der Waals surface area contributed by atoms with E-state index >= 15 is 0 Å². The van der Waals surface area contributed by atoms with Crippen LogP contribution in [0.2, 0.25) is 0 Å². The van der Waals surface area contributed by atoms with Crippen LogP contribution >= 0.6 is 0 Å². The van der Waals surface area contributed by atoms with Crippen molar-refractivity contribution in [3.63, 3.8) is 0 Å². The summed E-state index contributed by atoms with van der Waals surface area (Å²) in [6.07, 6.45) is 0.682. The van der Waals surface area contributed by atoms with Crippen LogP contribution in [0.1, 0.15) is 44.0 Å². The number of fused-ring (bicyclic) bond motifs is 1. The molecule has 1 aliphatic heterocycles. The number of carbonyl (C=O) groups is 2. The lowest BCUT2D eigenvalue weighted by Gasteiger charge is -2.33. The first kappa shape index (κ1) is 13.6. The summed E-state index contributed by atoms with van der Waals surface area (Å²) in [4.78, 5) is 25.7. The summed E-state index contributed by atoms with van der Waals surface area (Å²) in [6, 6.07) is 5.31. The van der Waals surface area contributed by atoms with Crippen molar-refractivity contribution in [1.82, 2.24) is 0 Å². The number of Topliss-reactive ketones (excluding diaryl/α,β-unsaturated/α-hetero) is 1. The van der Waals surface area contributed by atoms with E-state index in [-0.39, 0.29) is 11.7 Å². The molecule has 0 aromatic heterocycles. The van der Waals surface area contributed by atoms with E-state index in [0.29, 0.717) is 36.4 Å². The Labute approximate surface area is 113 Å². The van der Waals surface area contributed by atoms with Crippen LogP contribution in [0.3, 0.4) is 0 Å². The Balaban J connectivity index is 2.45. The Morgan fingerprint density at radius 1 is 1.32 bits per heavy atom. The van der Waals surface area contributed by atoms with Gasteiger partial charge in [0.25, 0.3) is 5.91 Å². The van der Waals surface area contributed by atoms with Gasteiger partial charge < -0.3 is 9.64 Å². The minimum atomic E-state index is -0.417. The van der Waals surface area contributed by atoms with E-state index in [9.17, 15) is 9.59 Å². The van der Waals surface area contributed by atoms with Crippen molar-refractivity contribution in [1.29, 1.82) is 0 Å². The molecule has 0 aliphatic carbocycles. The SMILES string of the molecule is CCC(=O)c1ccc2c(c1)N(CC)C(=O)C(CC)O2. The molecule has 0 fully saturated rings. The molecule has 19 heavy (non-hydrogen) atoms. The fourth-order valence-electron chi connectivity index (χ4n) is 2.29. The highest BCUT2D eigenvalue weighted by Gasteiger charge is 2.32. The second kappa shape index (κ2) is 5.43. The summed E-state index contributed by atoms with van der Waals surface area (Å²) in [5, 5.41) is 0. The molecule has 4 nitrogen and oxygen atoms in total. The van der Waals surface area contributed by atoms with Gasteiger partial charge in [0.2, 0.25) is 0 Å². The normalized spacial score (nSPS) is 17.9. The van der Waals surface area contributed by atoms with Crippen molar-refractivity contribution in [3.8, 4) is 5.75 Å². The molecule has 1 amide bonds. The average molecular weight is 261 g/mol. The van der Waals surface area contributed by atoms with E-state index < -0.39 is 6.10 Å². The summed E-state index contributed by atoms with van der Waals surface area (Å²) in [5.41, 5.74) is 1.34. The van der Waals surface area contributed by atoms with E-state index in [1.165, 1.54) is 0 Å². The Morgan fingerprint density at radius 2 is 2.05 bits per heavy atom. The number of nitrogens with zero attached hydrogens (tertiary/aromatic N) is 1. The standard InChI is InChI=1S/C15H19NO3/c1-4-12(17)10-7-8-14-11(9-10)16(6-3)15(18)13(5-2)19-14/h7-9,13H,4-6H2,1-3H3. The third-order valence-corrected chi connectivity index (χ3v) is 3.39. The van der Waals surface area contributed by atoms with Crippen LogP contribution in [-0.4, -0.2) is 24.3 Å². The molecule has 1 aromatic carbocycles. The molecule has 102 valence electrons. The van der Waals surface area contributed by atoms with E-state index in [1.54, 1.807) is 23.1 Å². The molecule has 1 aliphatic rings. The topological polar surface area (TPSA) is 46.6 Å². The van der Waals surface area contributed by atoms with Gasteiger partial charge in [-0.15, -0.1) is 0 Å². The van der Waals surface area contributed by atoms with Gasteiger partial charge >= 0.3 is 0 Å². The van der Waals surface area contributed by atoms with Crippen LogP contribution in [0.25, 0.3) is 0 Å². The van der Waals surface area contributed by atoms with Crippen LogP contribution < -0.4 is 9.64 Å². The molecule has 1 unspecified atom stereocenters. The monoisotopic (exact) mass is 261 g/mol. The zero-order valence-electron chi connectivity index (χ0n) is 11.6. The molecule has 1 aromatic rings. The quantitative estimate of drug-likeness (QED) is 0.783. The van der Waals surface area contributed by atoms with Gasteiger partial charge in [0.05, 0.1) is 5.69 Å². The summed E-state index contributed by atoms with van der Waals surface area (Å²) in [7, 11) is 0. The Kier molecular flexibility index (Phi) is 3.88. The first-order chi connectivity index (χ1) is 9.12. The van der Waals surface area contributed by atoms with Crippen LogP contribution in [-0.2, 0) is 4.79 Å². The van der Waals surface area contributed by atoms with E-state index in [4.69, 9.17) is 4.74 Å². The van der Waals surface area contributed by atoms with Crippen LogP contribution in [0.15, 0.2) is 18.2 Å². The zero-order chi connectivity index (χ0) is 14.0. The predicted octanol–water partition coefficient (Wildman–Crippen LogP) is 2.80. The lowest BCUT2D eigenvalue weighted by Crippen LogP contribution is -2.45. The highest BCUT2D eigenvalue weighted by molar-refractivity contribution is 6.03. The number of hydrogen-bond acceptors (Lipinski definition) is 3. The molecular weight excluding hydrogens is 242 g/mol. The molecule has 0 radical (unpaired) electrons. The lowest BCUT2D eigenvalue weighted by molar-refractivity contribution is -0.126. The van der Waals surface area contributed by atoms with Crippen molar-refractivity contribution < 1.29 is 14.3 Å². The smallest absolute Gasteiger partial charge is 0.268 e. The molecule has 0 bridgehead atoms. The second-order valence-corrected chi connectivity index (χ2v) is 4.56. The highest BCUT2D eigenvalue weighted by Crippen LogP contribution is 2.35. The number of ether oxygens (including phenoxy) is 1. The van der Waals surface area contributed by atoms with E-state index in [1.807, 2.05) is 20.8 Å². The number of benzene rings is 1. The third-order valence-electron chi connectivity index (χ3n) is 3.39. The van der Waals surface area contributed by atoms with Crippen molar-refractivity contribution in [3.05, 3.63) is 23.8 Å². The molecule has 4 heteroatoms. The van der Waals surface area contributed by atoms with Crippen molar-refractivity contribution >= 4 is 17.4 Å². The fraction of sp³-hybridized carbons (Fsp3) is 0.467. The highest BCUT2D eigenvalue weighted by atomic mass is 16.5. The van der Waals surface area contributed by atoms with Gasteiger partial charge in [-0.2, -0.15) is 0 Å². The molecule has 1 heterocycles. The number of hydrogen-bond donors (Lipinski definition) is 0. The Bertz CT molecular complexity index is 510. The number of carbonyl (C=O) groups excluding carboxylic acids is 2. The van der Waals surface area contributed by atoms with Gasteiger partial charge in [0, 0.05) is 18.5 Å². The molecular formula is C15H19NO3. The van der Waals surface area contributed by atoms with E-state index in [2.05, 4.69) is 0 Å². The zero-order valence-corrected chi connectivity index (χ0v) is 11.6. The predicted molar refractivity (Wildman–Crippen MR) is 73.8 cm³/mol.